The standard InChI is InChI=1S/C16H16N4O/c21-16-13-9-14(19-15(13)17-10-18-16)11-3-5-12(6-4-11)20-7-1-2-8-20/h3-6,9-10H,1-2,7-8H2,(H2,17,18,19,21). The van der Waals surface area contributed by atoms with E-state index in [1.165, 1.54) is 24.9 Å². The van der Waals surface area contributed by atoms with E-state index in [2.05, 4.69) is 44.1 Å². The Kier molecular flexibility index (Phi) is 2.77. The van der Waals surface area contributed by atoms with E-state index in [-0.39, 0.29) is 5.88 Å². The van der Waals surface area contributed by atoms with E-state index in [0.717, 1.165) is 24.3 Å². The van der Waals surface area contributed by atoms with Gasteiger partial charge in [-0.2, -0.15) is 0 Å². The van der Waals surface area contributed by atoms with E-state index in [4.69, 9.17) is 0 Å². The van der Waals surface area contributed by atoms with E-state index in [0.29, 0.717) is 11.0 Å². The molecule has 0 amide bonds. The van der Waals surface area contributed by atoms with Crippen molar-refractivity contribution in [2.75, 3.05) is 18.0 Å². The van der Waals surface area contributed by atoms with E-state index in [1.807, 2.05) is 6.07 Å². The Bertz CT molecular complexity index is 773. The third-order valence-electron chi connectivity index (χ3n) is 4.05. The monoisotopic (exact) mass is 280 g/mol. The molecule has 0 unspecified atom stereocenters. The number of benzene rings is 1. The second kappa shape index (κ2) is 4.77. The number of rotatable bonds is 2. The minimum atomic E-state index is 0.0104. The summed E-state index contributed by atoms with van der Waals surface area (Å²) in [4.78, 5) is 13.6. The molecular weight excluding hydrogens is 264 g/mol. The normalized spacial score (nSPS) is 15.0. The Labute approximate surface area is 122 Å². The van der Waals surface area contributed by atoms with E-state index in [1.54, 1.807) is 0 Å². The number of aromatic nitrogens is 3. The van der Waals surface area contributed by atoms with Crippen LogP contribution in [-0.4, -0.2) is 33.1 Å². The van der Waals surface area contributed by atoms with Crippen LogP contribution in [0.15, 0.2) is 36.7 Å². The molecule has 0 saturated carbocycles. The van der Waals surface area contributed by atoms with Crippen LogP contribution in [0.2, 0.25) is 0 Å². The maximum atomic E-state index is 9.74. The molecule has 1 aliphatic rings. The molecule has 5 nitrogen and oxygen atoms in total. The van der Waals surface area contributed by atoms with Crippen molar-refractivity contribution < 1.29 is 5.11 Å². The molecule has 3 heterocycles. The van der Waals surface area contributed by atoms with Crippen LogP contribution in [0.25, 0.3) is 22.3 Å². The highest BCUT2D eigenvalue weighted by Crippen LogP contribution is 2.29. The van der Waals surface area contributed by atoms with Crippen molar-refractivity contribution in [3.63, 3.8) is 0 Å². The molecule has 0 aliphatic carbocycles. The highest BCUT2D eigenvalue weighted by molar-refractivity contribution is 5.86. The topological polar surface area (TPSA) is 65.0 Å². The zero-order valence-corrected chi connectivity index (χ0v) is 11.6. The van der Waals surface area contributed by atoms with Gasteiger partial charge in [-0.25, -0.2) is 9.97 Å². The predicted octanol–water partition coefficient (Wildman–Crippen LogP) is 2.93. The zero-order chi connectivity index (χ0) is 14.2. The van der Waals surface area contributed by atoms with Crippen LogP contribution in [0.3, 0.4) is 0 Å². The number of H-pyrrole nitrogens is 1. The lowest BCUT2D eigenvalue weighted by molar-refractivity contribution is 0.459. The number of aromatic hydroxyl groups is 1. The van der Waals surface area contributed by atoms with Crippen molar-refractivity contribution in [1.82, 2.24) is 15.0 Å². The average molecular weight is 280 g/mol. The van der Waals surface area contributed by atoms with Gasteiger partial charge in [-0.15, -0.1) is 0 Å². The molecule has 0 atom stereocenters. The summed E-state index contributed by atoms with van der Waals surface area (Å²) in [5, 5.41) is 10.4. The van der Waals surface area contributed by atoms with Crippen LogP contribution < -0.4 is 4.90 Å². The van der Waals surface area contributed by atoms with Crippen LogP contribution in [0.5, 0.6) is 5.88 Å². The maximum absolute atomic E-state index is 9.74. The van der Waals surface area contributed by atoms with E-state index in [9.17, 15) is 5.11 Å². The van der Waals surface area contributed by atoms with Crippen molar-refractivity contribution in [2.45, 2.75) is 12.8 Å². The van der Waals surface area contributed by atoms with Crippen molar-refractivity contribution in [1.29, 1.82) is 0 Å². The van der Waals surface area contributed by atoms with Gasteiger partial charge in [-0.1, -0.05) is 12.1 Å². The van der Waals surface area contributed by atoms with Crippen LogP contribution in [0.1, 0.15) is 12.8 Å². The predicted molar refractivity (Wildman–Crippen MR) is 82.4 cm³/mol. The van der Waals surface area contributed by atoms with Crippen LogP contribution in [0, 0.1) is 0 Å². The summed E-state index contributed by atoms with van der Waals surface area (Å²) >= 11 is 0. The van der Waals surface area contributed by atoms with Gasteiger partial charge in [0.05, 0.1) is 5.39 Å². The number of hydrogen-bond acceptors (Lipinski definition) is 4. The third kappa shape index (κ3) is 2.11. The fraction of sp³-hybridized carbons (Fsp3) is 0.250. The number of hydrogen-bond donors (Lipinski definition) is 2. The molecular formula is C16H16N4O. The van der Waals surface area contributed by atoms with Crippen LogP contribution in [0.4, 0.5) is 5.69 Å². The number of anilines is 1. The minimum absolute atomic E-state index is 0.0104. The van der Waals surface area contributed by atoms with Gasteiger partial charge in [0.1, 0.15) is 12.0 Å². The second-order valence-corrected chi connectivity index (χ2v) is 5.38. The molecule has 3 aromatic rings. The van der Waals surface area contributed by atoms with Gasteiger partial charge in [0, 0.05) is 24.5 Å². The van der Waals surface area contributed by atoms with Crippen molar-refractivity contribution in [3.05, 3.63) is 36.7 Å². The fourth-order valence-corrected chi connectivity index (χ4v) is 2.91. The molecule has 1 fully saturated rings. The molecule has 1 aromatic carbocycles. The van der Waals surface area contributed by atoms with Crippen LogP contribution >= 0.6 is 0 Å². The minimum Gasteiger partial charge on any atom is -0.493 e. The summed E-state index contributed by atoms with van der Waals surface area (Å²) in [5.74, 6) is 0.0104. The van der Waals surface area contributed by atoms with Gasteiger partial charge in [-0.3, -0.25) is 0 Å². The first kappa shape index (κ1) is 12.2. The van der Waals surface area contributed by atoms with Gasteiger partial charge in [0.15, 0.2) is 0 Å². The summed E-state index contributed by atoms with van der Waals surface area (Å²) in [6, 6.07) is 10.4. The number of fused-ring (bicyclic) bond motifs is 1. The Balaban J connectivity index is 1.69. The first-order valence-electron chi connectivity index (χ1n) is 7.19. The van der Waals surface area contributed by atoms with Gasteiger partial charge in [0.25, 0.3) is 0 Å². The molecule has 1 aliphatic heterocycles. The van der Waals surface area contributed by atoms with Gasteiger partial charge < -0.3 is 15.0 Å². The van der Waals surface area contributed by atoms with Gasteiger partial charge in [0.2, 0.25) is 5.88 Å². The summed E-state index contributed by atoms with van der Waals surface area (Å²) < 4.78 is 0. The number of nitrogens with zero attached hydrogens (tertiary/aromatic N) is 3. The molecule has 2 aromatic heterocycles. The molecule has 0 radical (unpaired) electrons. The molecule has 0 bridgehead atoms. The lowest BCUT2D eigenvalue weighted by Crippen LogP contribution is -2.17. The number of nitrogens with one attached hydrogen (secondary N) is 1. The van der Waals surface area contributed by atoms with Gasteiger partial charge in [-0.05, 0) is 36.6 Å². The fourth-order valence-electron chi connectivity index (χ4n) is 2.91. The maximum Gasteiger partial charge on any atom is 0.223 e. The summed E-state index contributed by atoms with van der Waals surface area (Å²) in [5.41, 5.74) is 3.94. The third-order valence-corrected chi connectivity index (χ3v) is 4.05. The Hall–Kier alpha value is -2.56. The molecule has 4 rings (SSSR count). The molecule has 1 saturated heterocycles. The SMILES string of the molecule is Oc1ncnc2[nH]c(-c3ccc(N4CCCC4)cc3)cc12. The average Bonchev–Trinajstić information content (AvgIpc) is 3.18. The molecule has 0 spiro atoms. The smallest absolute Gasteiger partial charge is 0.223 e. The highest BCUT2D eigenvalue weighted by atomic mass is 16.3. The van der Waals surface area contributed by atoms with Crippen LogP contribution in [-0.2, 0) is 0 Å². The lowest BCUT2D eigenvalue weighted by Gasteiger charge is -2.17. The van der Waals surface area contributed by atoms with Gasteiger partial charge >= 0.3 is 0 Å². The van der Waals surface area contributed by atoms with Crippen molar-refractivity contribution >= 4 is 16.7 Å². The zero-order valence-electron chi connectivity index (χ0n) is 11.6. The summed E-state index contributed by atoms with van der Waals surface area (Å²) in [7, 11) is 0. The highest BCUT2D eigenvalue weighted by Gasteiger charge is 2.13. The lowest BCUT2D eigenvalue weighted by atomic mass is 10.1. The largest absolute Gasteiger partial charge is 0.493 e. The second-order valence-electron chi connectivity index (χ2n) is 5.38. The Morgan fingerprint density at radius 3 is 2.52 bits per heavy atom. The molecule has 106 valence electrons. The van der Waals surface area contributed by atoms with E-state index < -0.39 is 0 Å². The summed E-state index contributed by atoms with van der Waals surface area (Å²) in [6.07, 6.45) is 3.91. The van der Waals surface area contributed by atoms with Crippen molar-refractivity contribution in [2.24, 2.45) is 0 Å². The van der Waals surface area contributed by atoms with E-state index >= 15 is 0 Å². The first-order chi connectivity index (χ1) is 10.3. The Morgan fingerprint density at radius 2 is 1.81 bits per heavy atom. The quantitative estimate of drug-likeness (QED) is 0.757. The van der Waals surface area contributed by atoms with Crippen molar-refractivity contribution in [3.8, 4) is 17.1 Å². The summed E-state index contributed by atoms with van der Waals surface area (Å²) in [6.45, 7) is 2.30. The molecule has 2 N–H and O–H groups in total. The Morgan fingerprint density at radius 1 is 1.05 bits per heavy atom. The first-order valence-corrected chi connectivity index (χ1v) is 7.19. The molecule has 5 heteroatoms. The molecule has 21 heavy (non-hydrogen) atoms. The number of aromatic amines is 1.